The minimum atomic E-state index is -4.00. The van der Waals surface area contributed by atoms with Gasteiger partial charge < -0.3 is 9.47 Å². The second-order valence-electron chi connectivity index (χ2n) is 5.76. The number of sulfonamides is 1. The third kappa shape index (κ3) is 4.09. The molecule has 0 fully saturated rings. The zero-order valence-electron chi connectivity index (χ0n) is 15.2. The molecule has 1 aromatic heterocycles. The number of hydrogen-bond acceptors (Lipinski definition) is 6. The molecule has 146 valence electrons. The molecule has 0 bridgehead atoms. The highest BCUT2D eigenvalue weighted by atomic mass is 35.5. The molecule has 0 radical (unpaired) electrons. The Kier molecular flexibility index (Phi) is 5.83. The first-order chi connectivity index (χ1) is 13.3. The van der Waals surface area contributed by atoms with Crippen LogP contribution in [0.4, 0.5) is 0 Å². The molecule has 28 heavy (non-hydrogen) atoms. The van der Waals surface area contributed by atoms with Crippen molar-refractivity contribution in [2.45, 2.75) is 18.2 Å². The SMILES string of the molecule is CCc1nc(Cl)c(Oc2ccccc2OC)c(-c2ccccc2S(N)(=O)=O)n1. The number of methoxy groups -OCH3 is 1. The Balaban J connectivity index is 2.26. The number of nitrogens with two attached hydrogens (primary N) is 1. The Labute approximate surface area is 168 Å². The topological polar surface area (TPSA) is 104 Å². The molecular weight excluding hydrogens is 402 g/mol. The van der Waals surface area contributed by atoms with E-state index in [9.17, 15) is 8.42 Å². The van der Waals surface area contributed by atoms with E-state index in [-0.39, 0.29) is 27.1 Å². The zero-order valence-corrected chi connectivity index (χ0v) is 16.8. The average molecular weight is 420 g/mol. The summed E-state index contributed by atoms with van der Waals surface area (Å²) in [6.45, 7) is 1.86. The van der Waals surface area contributed by atoms with Gasteiger partial charge >= 0.3 is 0 Å². The van der Waals surface area contributed by atoms with E-state index in [1.165, 1.54) is 13.2 Å². The number of para-hydroxylation sites is 2. The van der Waals surface area contributed by atoms with Crippen molar-refractivity contribution in [3.8, 4) is 28.5 Å². The number of halogens is 1. The normalized spacial score (nSPS) is 11.3. The van der Waals surface area contributed by atoms with Crippen molar-refractivity contribution in [1.29, 1.82) is 0 Å². The predicted octanol–water partition coefficient (Wildman–Crippen LogP) is 3.81. The van der Waals surface area contributed by atoms with E-state index in [4.69, 9.17) is 26.2 Å². The van der Waals surface area contributed by atoms with E-state index < -0.39 is 10.0 Å². The maximum Gasteiger partial charge on any atom is 0.238 e. The van der Waals surface area contributed by atoms with Crippen LogP contribution in [-0.2, 0) is 16.4 Å². The minimum Gasteiger partial charge on any atom is -0.493 e. The van der Waals surface area contributed by atoms with Gasteiger partial charge in [0.05, 0.1) is 12.0 Å². The lowest BCUT2D eigenvalue weighted by molar-refractivity contribution is 0.378. The molecule has 1 heterocycles. The standard InChI is InChI=1S/C19H18ClN3O4S/c1-3-16-22-17(12-8-4-7-11-15(12)28(21,24)25)18(19(20)23-16)27-14-10-6-5-9-13(14)26-2/h4-11H,3H2,1-2H3,(H2,21,24,25). The van der Waals surface area contributed by atoms with Crippen molar-refractivity contribution >= 4 is 21.6 Å². The molecule has 0 spiro atoms. The van der Waals surface area contributed by atoms with E-state index in [2.05, 4.69) is 9.97 Å². The highest BCUT2D eigenvalue weighted by Crippen LogP contribution is 2.41. The number of benzene rings is 2. The second-order valence-corrected chi connectivity index (χ2v) is 7.64. The maximum atomic E-state index is 12.1. The number of ether oxygens (including phenoxy) is 2. The monoisotopic (exact) mass is 419 g/mol. The van der Waals surface area contributed by atoms with Gasteiger partial charge in [0.15, 0.2) is 22.4 Å². The van der Waals surface area contributed by atoms with Gasteiger partial charge in [-0.15, -0.1) is 0 Å². The van der Waals surface area contributed by atoms with Crippen LogP contribution in [0.5, 0.6) is 17.2 Å². The number of aryl methyl sites for hydroxylation is 1. The molecule has 7 nitrogen and oxygen atoms in total. The van der Waals surface area contributed by atoms with Crippen molar-refractivity contribution in [2.75, 3.05) is 7.11 Å². The molecule has 3 rings (SSSR count). The quantitative estimate of drug-likeness (QED) is 0.609. The lowest BCUT2D eigenvalue weighted by Gasteiger charge is -2.16. The number of hydrogen-bond donors (Lipinski definition) is 1. The van der Waals surface area contributed by atoms with Gasteiger partial charge in [0.2, 0.25) is 10.0 Å². The van der Waals surface area contributed by atoms with Crippen LogP contribution >= 0.6 is 11.6 Å². The molecule has 2 aromatic carbocycles. The molecule has 0 aliphatic rings. The first kappa shape index (κ1) is 20.1. The predicted molar refractivity (Wildman–Crippen MR) is 106 cm³/mol. The molecule has 0 saturated heterocycles. The molecule has 0 unspecified atom stereocenters. The van der Waals surface area contributed by atoms with Gasteiger partial charge in [-0.25, -0.2) is 23.5 Å². The Hall–Kier alpha value is -2.68. The molecule has 0 aliphatic carbocycles. The van der Waals surface area contributed by atoms with Crippen LogP contribution in [0.3, 0.4) is 0 Å². The van der Waals surface area contributed by atoms with Gasteiger partial charge in [-0.1, -0.05) is 48.9 Å². The smallest absolute Gasteiger partial charge is 0.238 e. The van der Waals surface area contributed by atoms with Gasteiger partial charge in [0.25, 0.3) is 0 Å². The van der Waals surface area contributed by atoms with Gasteiger partial charge in [0, 0.05) is 12.0 Å². The van der Waals surface area contributed by atoms with Gasteiger partial charge in [-0.05, 0) is 18.2 Å². The lowest BCUT2D eigenvalue weighted by Crippen LogP contribution is -2.14. The van der Waals surface area contributed by atoms with E-state index in [1.807, 2.05) is 6.92 Å². The van der Waals surface area contributed by atoms with Crippen LogP contribution in [0.1, 0.15) is 12.7 Å². The van der Waals surface area contributed by atoms with E-state index >= 15 is 0 Å². The number of nitrogens with zero attached hydrogens (tertiary/aromatic N) is 2. The zero-order chi connectivity index (χ0) is 20.3. The Bertz CT molecular complexity index is 1120. The maximum absolute atomic E-state index is 12.1. The molecule has 0 atom stereocenters. The van der Waals surface area contributed by atoms with Crippen LogP contribution in [0, 0.1) is 0 Å². The number of primary sulfonamides is 1. The third-order valence-electron chi connectivity index (χ3n) is 3.92. The molecule has 0 aliphatic heterocycles. The number of rotatable bonds is 6. The summed E-state index contributed by atoms with van der Waals surface area (Å²) in [6, 6.07) is 13.2. The molecule has 0 amide bonds. The fourth-order valence-corrected chi connectivity index (χ4v) is 3.59. The van der Waals surface area contributed by atoms with Crippen LogP contribution < -0.4 is 14.6 Å². The van der Waals surface area contributed by atoms with Crippen LogP contribution in [-0.4, -0.2) is 25.5 Å². The van der Waals surface area contributed by atoms with Crippen LogP contribution in [0.25, 0.3) is 11.3 Å². The summed E-state index contributed by atoms with van der Waals surface area (Å²) >= 11 is 6.38. The van der Waals surface area contributed by atoms with Gasteiger partial charge in [-0.2, -0.15) is 0 Å². The highest BCUT2D eigenvalue weighted by Gasteiger charge is 2.23. The summed E-state index contributed by atoms with van der Waals surface area (Å²) in [6.07, 6.45) is 0.499. The van der Waals surface area contributed by atoms with Crippen molar-refractivity contribution in [3.05, 3.63) is 59.5 Å². The lowest BCUT2D eigenvalue weighted by atomic mass is 10.1. The first-order valence-corrected chi connectivity index (χ1v) is 10.3. The van der Waals surface area contributed by atoms with Crippen molar-refractivity contribution in [2.24, 2.45) is 5.14 Å². The minimum absolute atomic E-state index is 0.0528. The van der Waals surface area contributed by atoms with Crippen molar-refractivity contribution in [3.63, 3.8) is 0 Å². The Morgan fingerprint density at radius 3 is 2.32 bits per heavy atom. The van der Waals surface area contributed by atoms with E-state index in [0.717, 1.165) is 0 Å². The van der Waals surface area contributed by atoms with Crippen molar-refractivity contribution < 1.29 is 17.9 Å². The largest absolute Gasteiger partial charge is 0.493 e. The summed E-state index contributed by atoms with van der Waals surface area (Å²) in [7, 11) is -2.49. The number of aromatic nitrogens is 2. The summed E-state index contributed by atoms with van der Waals surface area (Å²) in [5.74, 6) is 1.41. The molecular formula is C19H18ClN3O4S. The fraction of sp³-hybridized carbons (Fsp3) is 0.158. The summed E-state index contributed by atoms with van der Waals surface area (Å²) in [4.78, 5) is 8.61. The summed E-state index contributed by atoms with van der Waals surface area (Å²) in [5.41, 5.74) is 0.501. The van der Waals surface area contributed by atoms with Crippen molar-refractivity contribution in [1.82, 2.24) is 9.97 Å². The fourth-order valence-electron chi connectivity index (χ4n) is 2.62. The van der Waals surface area contributed by atoms with Crippen LogP contribution in [0.15, 0.2) is 53.4 Å². The molecule has 0 saturated carbocycles. The highest BCUT2D eigenvalue weighted by molar-refractivity contribution is 7.89. The average Bonchev–Trinajstić information content (AvgIpc) is 2.69. The van der Waals surface area contributed by atoms with E-state index in [1.54, 1.807) is 42.5 Å². The molecule has 9 heteroatoms. The Morgan fingerprint density at radius 1 is 1.04 bits per heavy atom. The van der Waals surface area contributed by atoms with Crippen LogP contribution in [0.2, 0.25) is 5.15 Å². The van der Waals surface area contributed by atoms with E-state index in [0.29, 0.717) is 23.7 Å². The molecule has 2 N–H and O–H groups in total. The molecule has 3 aromatic rings. The first-order valence-electron chi connectivity index (χ1n) is 8.34. The summed E-state index contributed by atoms with van der Waals surface area (Å²) in [5, 5.41) is 5.44. The third-order valence-corrected chi connectivity index (χ3v) is 5.14. The Morgan fingerprint density at radius 2 is 1.68 bits per heavy atom. The second kappa shape index (κ2) is 8.14. The van der Waals surface area contributed by atoms with Gasteiger partial charge in [-0.3, -0.25) is 0 Å². The summed E-state index contributed by atoms with van der Waals surface area (Å²) < 4.78 is 35.4. The van der Waals surface area contributed by atoms with Gasteiger partial charge in [0.1, 0.15) is 11.5 Å².